The second-order valence-electron chi connectivity index (χ2n) is 7.13. The summed E-state index contributed by atoms with van der Waals surface area (Å²) in [6, 6.07) is -0.294. The number of carbonyl (C=O) groups is 1. The molecule has 2 atom stereocenters. The Morgan fingerprint density at radius 1 is 1.48 bits per heavy atom. The van der Waals surface area contributed by atoms with Gasteiger partial charge in [-0.05, 0) is 18.8 Å². The van der Waals surface area contributed by atoms with Crippen molar-refractivity contribution in [3.8, 4) is 0 Å². The highest BCUT2D eigenvalue weighted by molar-refractivity contribution is 5.83. The Morgan fingerprint density at radius 2 is 2.20 bits per heavy atom. The normalized spacial score (nSPS) is 26.6. The zero-order valence-corrected chi connectivity index (χ0v) is 14.3. The number of rotatable bonds is 5. The third-order valence-corrected chi connectivity index (χ3v) is 5.13. The summed E-state index contributed by atoms with van der Waals surface area (Å²) < 4.78 is 33.1. The molecule has 1 saturated heterocycles. The van der Waals surface area contributed by atoms with Crippen molar-refractivity contribution in [1.82, 2.24) is 20.3 Å². The Bertz CT molecular complexity index is 611. The molecule has 1 aliphatic carbocycles. The van der Waals surface area contributed by atoms with Gasteiger partial charge >= 0.3 is 5.92 Å². The van der Waals surface area contributed by atoms with Gasteiger partial charge in [-0.15, -0.1) is 5.10 Å². The van der Waals surface area contributed by atoms with Crippen LogP contribution in [0.15, 0.2) is 6.20 Å². The molecule has 140 valence electrons. The quantitative estimate of drug-likeness (QED) is 0.826. The molecule has 2 heterocycles. The number of nitrogens with one attached hydrogen (secondary N) is 1. The SMILES string of the molecule is CC(F)(F)C(=O)N[C@@H]1CCC[C@@H]1Cn1cc(C2(O)CCOCC2)nn1. The molecule has 2 N–H and O–H groups in total. The third-order valence-electron chi connectivity index (χ3n) is 5.13. The molecular weight excluding hydrogens is 334 g/mol. The number of amides is 1. The van der Waals surface area contributed by atoms with Crippen molar-refractivity contribution in [3.05, 3.63) is 11.9 Å². The minimum Gasteiger partial charge on any atom is -0.383 e. The molecule has 2 aliphatic rings. The Kier molecular flexibility index (Phi) is 5.06. The molecule has 1 aliphatic heterocycles. The number of nitrogens with zero attached hydrogens (tertiary/aromatic N) is 3. The van der Waals surface area contributed by atoms with Crippen LogP contribution in [0.3, 0.4) is 0 Å². The zero-order chi connectivity index (χ0) is 18.1. The lowest BCUT2D eigenvalue weighted by atomic mass is 9.91. The van der Waals surface area contributed by atoms with Crippen LogP contribution in [-0.4, -0.2) is 51.2 Å². The molecule has 1 saturated carbocycles. The van der Waals surface area contributed by atoms with Gasteiger partial charge in [0.2, 0.25) is 0 Å². The smallest absolute Gasteiger partial charge is 0.321 e. The van der Waals surface area contributed by atoms with E-state index in [0.717, 1.165) is 12.8 Å². The van der Waals surface area contributed by atoms with E-state index in [9.17, 15) is 18.7 Å². The number of aliphatic hydroxyl groups is 1. The molecule has 2 fully saturated rings. The van der Waals surface area contributed by atoms with E-state index in [2.05, 4.69) is 15.6 Å². The Balaban J connectivity index is 1.63. The molecule has 1 amide bonds. The van der Waals surface area contributed by atoms with Gasteiger partial charge in [-0.25, -0.2) is 0 Å². The lowest BCUT2D eigenvalue weighted by Gasteiger charge is -2.29. The summed E-state index contributed by atoms with van der Waals surface area (Å²) in [7, 11) is 0. The minimum atomic E-state index is -3.38. The highest BCUT2D eigenvalue weighted by Crippen LogP contribution is 2.31. The first-order valence-corrected chi connectivity index (χ1v) is 8.67. The number of aromatic nitrogens is 3. The molecule has 1 aromatic heterocycles. The second-order valence-corrected chi connectivity index (χ2v) is 7.13. The van der Waals surface area contributed by atoms with Gasteiger partial charge in [0.1, 0.15) is 11.3 Å². The van der Waals surface area contributed by atoms with Crippen LogP contribution < -0.4 is 5.32 Å². The van der Waals surface area contributed by atoms with E-state index in [1.807, 2.05) is 0 Å². The second kappa shape index (κ2) is 6.95. The molecule has 9 heteroatoms. The standard InChI is InChI=1S/C16H24F2N4O3/c1-15(17,18)14(23)19-12-4-2-3-11(12)9-22-10-13(20-21-22)16(24)5-7-25-8-6-16/h10-12,24H,2-9H2,1H3,(H,19,23)/t11-,12-/m1/s1. The van der Waals surface area contributed by atoms with Gasteiger partial charge in [0, 0.05) is 45.6 Å². The van der Waals surface area contributed by atoms with Crippen LogP contribution in [0.1, 0.15) is 44.7 Å². The van der Waals surface area contributed by atoms with Gasteiger partial charge in [-0.2, -0.15) is 8.78 Å². The van der Waals surface area contributed by atoms with Crippen LogP contribution in [0, 0.1) is 5.92 Å². The first-order valence-electron chi connectivity index (χ1n) is 8.67. The Hall–Kier alpha value is -1.61. The zero-order valence-electron chi connectivity index (χ0n) is 14.3. The summed E-state index contributed by atoms with van der Waals surface area (Å²) in [5.74, 6) is -4.59. The fourth-order valence-corrected chi connectivity index (χ4v) is 3.55. The number of halogens is 2. The van der Waals surface area contributed by atoms with Crippen LogP contribution in [0.25, 0.3) is 0 Å². The summed E-state index contributed by atoms with van der Waals surface area (Å²) >= 11 is 0. The van der Waals surface area contributed by atoms with E-state index in [0.29, 0.717) is 51.6 Å². The van der Waals surface area contributed by atoms with Crippen molar-refractivity contribution < 1.29 is 23.4 Å². The van der Waals surface area contributed by atoms with E-state index in [1.54, 1.807) is 10.9 Å². The molecule has 0 spiro atoms. The van der Waals surface area contributed by atoms with Gasteiger partial charge in [0.25, 0.3) is 5.91 Å². The Labute approximate surface area is 144 Å². The van der Waals surface area contributed by atoms with Gasteiger partial charge < -0.3 is 15.2 Å². The molecule has 0 radical (unpaired) electrons. The van der Waals surface area contributed by atoms with Gasteiger partial charge in [-0.1, -0.05) is 11.6 Å². The average molecular weight is 358 g/mol. The molecule has 0 unspecified atom stereocenters. The lowest BCUT2D eigenvalue weighted by molar-refractivity contribution is -0.144. The maximum absolute atomic E-state index is 13.1. The van der Waals surface area contributed by atoms with Gasteiger partial charge in [-0.3, -0.25) is 9.48 Å². The first kappa shape index (κ1) is 18.2. The fraction of sp³-hybridized carbons (Fsp3) is 0.812. The topological polar surface area (TPSA) is 89.3 Å². The van der Waals surface area contributed by atoms with E-state index >= 15 is 0 Å². The van der Waals surface area contributed by atoms with Crippen molar-refractivity contribution in [2.45, 2.75) is 63.1 Å². The van der Waals surface area contributed by atoms with Crippen molar-refractivity contribution in [2.24, 2.45) is 5.92 Å². The molecule has 7 nitrogen and oxygen atoms in total. The maximum Gasteiger partial charge on any atom is 0.321 e. The molecule has 25 heavy (non-hydrogen) atoms. The molecule has 1 aromatic rings. The first-order chi connectivity index (χ1) is 11.8. The summed E-state index contributed by atoms with van der Waals surface area (Å²) in [5, 5.41) is 21.2. The largest absolute Gasteiger partial charge is 0.383 e. The summed E-state index contributed by atoms with van der Waals surface area (Å²) in [6.07, 6.45) is 5.02. The van der Waals surface area contributed by atoms with Crippen molar-refractivity contribution >= 4 is 5.91 Å². The number of hydrogen-bond donors (Lipinski definition) is 2. The maximum atomic E-state index is 13.1. The van der Waals surface area contributed by atoms with Crippen LogP contribution in [0.4, 0.5) is 8.78 Å². The summed E-state index contributed by atoms with van der Waals surface area (Å²) in [4.78, 5) is 11.5. The minimum absolute atomic E-state index is 0.0187. The van der Waals surface area contributed by atoms with Crippen LogP contribution in [-0.2, 0) is 21.7 Å². The van der Waals surface area contributed by atoms with Crippen molar-refractivity contribution in [1.29, 1.82) is 0 Å². The predicted molar refractivity (Wildman–Crippen MR) is 83.9 cm³/mol. The van der Waals surface area contributed by atoms with Gasteiger partial charge in [0.05, 0.1) is 6.20 Å². The van der Waals surface area contributed by atoms with E-state index in [1.165, 1.54) is 0 Å². The summed E-state index contributed by atoms with van der Waals surface area (Å²) in [6.45, 7) is 2.03. The van der Waals surface area contributed by atoms with Crippen LogP contribution in [0.5, 0.6) is 0 Å². The number of alkyl halides is 2. The Morgan fingerprint density at radius 3 is 2.88 bits per heavy atom. The van der Waals surface area contributed by atoms with E-state index in [-0.39, 0.29) is 12.0 Å². The molecule has 3 rings (SSSR count). The number of ether oxygens (including phenoxy) is 1. The highest BCUT2D eigenvalue weighted by atomic mass is 19.3. The molecular formula is C16H24F2N4O3. The fourth-order valence-electron chi connectivity index (χ4n) is 3.55. The van der Waals surface area contributed by atoms with Crippen LogP contribution in [0.2, 0.25) is 0 Å². The monoisotopic (exact) mass is 358 g/mol. The average Bonchev–Trinajstić information content (AvgIpc) is 3.18. The molecule has 0 bridgehead atoms. The van der Waals surface area contributed by atoms with E-state index in [4.69, 9.17) is 4.74 Å². The summed E-state index contributed by atoms with van der Waals surface area (Å²) in [5.41, 5.74) is -0.515. The van der Waals surface area contributed by atoms with Crippen molar-refractivity contribution in [2.75, 3.05) is 13.2 Å². The highest BCUT2D eigenvalue weighted by Gasteiger charge is 2.38. The number of hydrogen-bond acceptors (Lipinski definition) is 5. The third kappa shape index (κ3) is 4.14. The van der Waals surface area contributed by atoms with Crippen LogP contribution >= 0.6 is 0 Å². The van der Waals surface area contributed by atoms with Crippen molar-refractivity contribution in [3.63, 3.8) is 0 Å². The lowest BCUT2D eigenvalue weighted by Crippen LogP contribution is -2.45. The molecule has 0 aromatic carbocycles. The van der Waals surface area contributed by atoms with E-state index < -0.39 is 17.4 Å². The predicted octanol–water partition coefficient (Wildman–Crippen LogP) is 1.22. The number of carbonyl (C=O) groups excluding carboxylic acids is 1. The van der Waals surface area contributed by atoms with Gasteiger partial charge in [0.15, 0.2) is 0 Å².